The molecular weight excluding hydrogens is 322 g/mol. The molecule has 1 rings (SSSR count). The summed E-state index contributed by atoms with van der Waals surface area (Å²) >= 11 is 0. The number of rotatable bonds is 11. The molecule has 0 aliphatic heterocycles. The number of amides is 1. The average Bonchev–Trinajstić information content (AvgIpc) is 2.59. The molecule has 0 heterocycles. The highest BCUT2D eigenvalue weighted by atomic mass is 16.5. The van der Waals surface area contributed by atoms with E-state index in [0.29, 0.717) is 17.9 Å². The van der Waals surface area contributed by atoms with Crippen LogP contribution < -0.4 is 9.64 Å². The lowest BCUT2D eigenvalue weighted by atomic mass is 10.1. The fraction of sp³-hybridized carbons (Fsp3) is 0.526. The summed E-state index contributed by atoms with van der Waals surface area (Å²) in [5.41, 5.74) is 0.456. The molecule has 0 fully saturated rings. The Kier molecular flexibility index (Phi) is 9.29. The van der Waals surface area contributed by atoms with Crippen LogP contribution in [0.1, 0.15) is 58.3 Å². The Morgan fingerprint density at radius 3 is 2.36 bits per heavy atom. The second-order valence-electron chi connectivity index (χ2n) is 5.95. The number of carbonyl (C=O) groups is 3. The Bertz CT molecular complexity index is 585. The van der Waals surface area contributed by atoms with Crippen molar-refractivity contribution in [3.05, 3.63) is 24.3 Å². The van der Waals surface area contributed by atoms with Crippen LogP contribution in [0.25, 0.3) is 0 Å². The van der Waals surface area contributed by atoms with Gasteiger partial charge in [-0.15, -0.1) is 0 Å². The van der Waals surface area contributed by atoms with Crippen molar-refractivity contribution in [2.45, 2.75) is 58.3 Å². The van der Waals surface area contributed by atoms with Crippen molar-refractivity contribution in [1.29, 1.82) is 0 Å². The van der Waals surface area contributed by atoms with Crippen LogP contribution in [0.5, 0.6) is 5.75 Å². The van der Waals surface area contributed by atoms with Crippen LogP contribution >= 0.6 is 0 Å². The van der Waals surface area contributed by atoms with Crippen LogP contribution in [0.15, 0.2) is 24.3 Å². The van der Waals surface area contributed by atoms with E-state index in [9.17, 15) is 14.4 Å². The Labute approximate surface area is 148 Å². The van der Waals surface area contributed by atoms with Crippen molar-refractivity contribution in [2.75, 3.05) is 11.9 Å². The molecule has 0 saturated carbocycles. The predicted molar refractivity (Wildman–Crippen MR) is 95.7 cm³/mol. The second-order valence-corrected chi connectivity index (χ2v) is 5.95. The van der Waals surface area contributed by atoms with Gasteiger partial charge in [-0.05, 0) is 18.6 Å². The molecule has 25 heavy (non-hydrogen) atoms. The zero-order valence-electron chi connectivity index (χ0n) is 15.0. The molecule has 6 nitrogen and oxygen atoms in total. The molecule has 0 atom stereocenters. The monoisotopic (exact) mass is 349 g/mol. The lowest BCUT2D eigenvalue weighted by molar-refractivity contribution is -0.138. The Hall–Kier alpha value is -2.37. The topological polar surface area (TPSA) is 83.9 Å². The molecule has 0 spiro atoms. The number of carboxylic acid groups (broad SMARTS) is 1. The van der Waals surface area contributed by atoms with Gasteiger partial charge in [-0.2, -0.15) is 0 Å². The number of hydrogen-bond acceptors (Lipinski definition) is 4. The first-order chi connectivity index (χ1) is 12.0. The van der Waals surface area contributed by atoms with Crippen LogP contribution in [0, 0.1) is 0 Å². The zero-order valence-corrected chi connectivity index (χ0v) is 15.0. The molecule has 138 valence electrons. The lowest BCUT2D eigenvalue weighted by Crippen LogP contribution is -2.27. The number of benzene rings is 1. The maximum Gasteiger partial charge on any atom is 0.311 e. The van der Waals surface area contributed by atoms with E-state index >= 15 is 0 Å². The molecule has 1 amide bonds. The number of aliphatic carboxylic acids is 1. The number of ether oxygens (including phenoxy) is 1. The number of carbonyl (C=O) groups excluding carboxylic acids is 2. The van der Waals surface area contributed by atoms with Gasteiger partial charge in [0.05, 0.1) is 12.1 Å². The van der Waals surface area contributed by atoms with Crippen LogP contribution in [-0.4, -0.2) is 30.0 Å². The van der Waals surface area contributed by atoms with E-state index in [0.717, 1.165) is 25.7 Å². The van der Waals surface area contributed by atoms with Crippen molar-refractivity contribution in [3.63, 3.8) is 0 Å². The van der Waals surface area contributed by atoms with E-state index in [4.69, 9.17) is 9.84 Å². The van der Waals surface area contributed by atoms with Crippen LogP contribution in [0.2, 0.25) is 0 Å². The van der Waals surface area contributed by atoms with E-state index in [-0.39, 0.29) is 24.7 Å². The minimum Gasteiger partial charge on any atom is -0.481 e. The minimum atomic E-state index is -1.02. The van der Waals surface area contributed by atoms with Crippen molar-refractivity contribution in [1.82, 2.24) is 0 Å². The molecule has 1 aromatic rings. The summed E-state index contributed by atoms with van der Waals surface area (Å²) in [5, 5.41) is 8.68. The highest BCUT2D eigenvalue weighted by Gasteiger charge is 2.17. The molecular formula is C19H27NO5. The van der Waals surface area contributed by atoms with E-state index in [1.54, 1.807) is 31.3 Å². The fourth-order valence-electron chi connectivity index (χ4n) is 2.38. The van der Waals surface area contributed by atoms with Crippen LogP contribution in [0.3, 0.4) is 0 Å². The Morgan fingerprint density at radius 2 is 1.68 bits per heavy atom. The average molecular weight is 349 g/mol. The van der Waals surface area contributed by atoms with E-state index < -0.39 is 5.97 Å². The van der Waals surface area contributed by atoms with Gasteiger partial charge in [-0.1, -0.05) is 44.7 Å². The third kappa shape index (κ3) is 7.83. The van der Waals surface area contributed by atoms with Crippen molar-refractivity contribution >= 4 is 23.5 Å². The van der Waals surface area contributed by atoms with Gasteiger partial charge in [-0.3, -0.25) is 14.4 Å². The standard InChI is InChI=1S/C19H27NO5/c1-3-4-5-6-7-12-19(24)25-16-11-9-8-10-15(16)20(2)17(21)13-14-18(22)23/h8-11H,3-7,12-14H2,1-2H3,(H,22,23). The van der Waals surface area contributed by atoms with Gasteiger partial charge < -0.3 is 14.7 Å². The van der Waals surface area contributed by atoms with Crippen molar-refractivity contribution in [2.24, 2.45) is 0 Å². The Morgan fingerprint density at radius 1 is 1.00 bits per heavy atom. The molecule has 0 aromatic heterocycles. The molecule has 0 unspecified atom stereocenters. The molecule has 1 N–H and O–H groups in total. The summed E-state index contributed by atoms with van der Waals surface area (Å²) in [7, 11) is 1.54. The normalized spacial score (nSPS) is 10.3. The van der Waals surface area contributed by atoms with E-state index in [1.807, 2.05) is 0 Å². The predicted octanol–water partition coefficient (Wildman–Crippen LogP) is 3.78. The maximum atomic E-state index is 12.1. The maximum absolute atomic E-state index is 12.1. The third-order valence-electron chi connectivity index (χ3n) is 3.86. The second kappa shape index (κ2) is 11.2. The van der Waals surface area contributed by atoms with E-state index in [1.165, 1.54) is 11.3 Å². The summed E-state index contributed by atoms with van der Waals surface area (Å²) in [6, 6.07) is 6.76. The van der Waals surface area contributed by atoms with Gasteiger partial charge in [-0.25, -0.2) is 0 Å². The zero-order chi connectivity index (χ0) is 18.7. The molecule has 6 heteroatoms. The molecule has 0 bridgehead atoms. The summed E-state index contributed by atoms with van der Waals surface area (Å²) in [6.07, 6.45) is 5.22. The first-order valence-electron chi connectivity index (χ1n) is 8.73. The SMILES string of the molecule is CCCCCCCC(=O)Oc1ccccc1N(C)C(=O)CCC(=O)O. The third-order valence-corrected chi connectivity index (χ3v) is 3.86. The summed E-state index contributed by atoms with van der Waals surface area (Å²) in [6.45, 7) is 2.14. The number of hydrogen-bond donors (Lipinski definition) is 1. The van der Waals surface area contributed by atoms with Gasteiger partial charge in [0.25, 0.3) is 0 Å². The van der Waals surface area contributed by atoms with Crippen molar-refractivity contribution < 1.29 is 24.2 Å². The molecule has 1 aromatic carbocycles. The van der Waals surface area contributed by atoms with Gasteiger partial charge in [0.2, 0.25) is 5.91 Å². The van der Waals surface area contributed by atoms with Crippen molar-refractivity contribution in [3.8, 4) is 5.75 Å². The summed E-state index contributed by atoms with van der Waals surface area (Å²) in [5.74, 6) is -1.38. The van der Waals surface area contributed by atoms with Gasteiger partial charge >= 0.3 is 11.9 Å². The molecule has 0 saturated heterocycles. The largest absolute Gasteiger partial charge is 0.481 e. The number of esters is 1. The smallest absolute Gasteiger partial charge is 0.311 e. The number of carboxylic acids is 1. The highest BCUT2D eigenvalue weighted by molar-refractivity contribution is 5.96. The van der Waals surface area contributed by atoms with Gasteiger partial charge in [0.1, 0.15) is 0 Å². The first kappa shape index (κ1) is 20.7. The fourth-order valence-corrected chi connectivity index (χ4v) is 2.38. The number of anilines is 1. The number of nitrogens with zero attached hydrogens (tertiary/aromatic N) is 1. The number of para-hydroxylation sites is 2. The van der Waals surface area contributed by atoms with Gasteiger partial charge in [0, 0.05) is 19.9 Å². The Balaban J connectivity index is 2.62. The number of unbranched alkanes of at least 4 members (excludes halogenated alkanes) is 4. The van der Waals surface area contributed by atoms with E-state index in [2.05, 4.69) is 6.92 Å². The molecule has 0 aliphatic carbocycles. The van der Waals surface area contributed by atoms with Gasteiger partial charge in [0.15, 0.2) is 5.75 Å². The van der Waals surface area contributed by atoms with Crippen LogP contribution in [0.4, 0.5) is 5.69 Å². The van der Waals surface area contributed by atoms with Crippen LogP contribution in [-0.2, 0) is 14.4 Å². The summed E-state index contributed by atoms with van der Waals surface area (Å²) in [4.78, 5) is 36.0. The molecule has 0 aliphatic rings. The lowest BCUT2D eigenvalue weighted by Gasteiger charge is -2.20. The quantitative estimate of drug-likeness (QED) is 0.373. The highest BCUT2D eigenvalue weighted by Crippen LogP contribution is 2.28. The molecule has 0 radical (unpaired) electrons. The summed E-state index contributed by atoms with van der Waals surface area (Å²) < 4.78 is 5.40. The minimum absolute atomic E-state index is 0.106. The first-order valence-corrected chi connectivity index (χ1v) is 8.73.